The highest BCUT2D eigenvalue weighted by Crippen LogP contribution is 2.20. The standard InChI is InChI=1S/C20H25F3N4O3/c1-14(30-17-8-4-7-16(10-17)28-3)11-26-19(24-2)27-12-15-6-5-9-25-18(15)29-13-20(21,22)23/h4-10,14H,11-13H2,1-3H3,(H2,24,26,27). The Bertz CT molecular complexity index is 831. The van der Waals surface area contributed by atoms with Crippen LogP contribution in [0, 0.1) is 0 Å². The third-order valence-corrected chi connectivity index (χ3v) is 3.83. The van der Waals surface area contributed by atoms with Crippen LogP contribution in [0.4, 0.5) is 13.2 Å². The van der Waals surface area contributed by atoms with Gasteiger partial charge in [-0.05, 0) is 25.1 Å². The third kappa shape index (κ3) is 8.06. The molecule has 0 fully saturated rings. The third-order valence-electron chi connectivity index (χ3n) is 3.83. The number of halogens is 3. The van der Waals surface area contributed by atoms with Gasteiger partial charge >= 0.3 is 6.18 Å². The molecule has 10 heteroatoms. The number of alkyl halides is 3. The molecule has 30 heavy (non-hydrogen) atoms. The molecule has 1 heterocycles. The summed E-state index contributed by atoms with van der Waals surface area (Å²) in [5.41, 5.74) is 0.477. The number of methoxy groups -OCH3 is 1. The second-order valence-corrected chi connectivity index (χ2v) is 6.29. The number of hydrogen-bond donors (Lipinski definition) is 2. The monoisotopic (exact) mass is 426 g/mol. The lowest BCUT2D eigenvalue weighted by Gasteiger charge is -2.18. The SMILES string of the molecule is CN=C(NCc1cccnc1OCC(F)(F)F)NCC(C)Oc1cccc(OC)c1. The highest BCUT2D eigenvalue weighted by atomic mass is 19.4. The first-order valence-corrected chi connectivity index (χ1v) is 9.19. The molecular weight excluding hydrogens is 401 g/mol. The van der Waals surface area contributed by atoms with Crippen LogP contribution in [0.1, 0.15) is 12.5 Å². The van der Waals surface area contributed by atoms with E-state index in [1.165, 1.54) is 6.20 Å². The fourth-order valence-corrected chi connectivity index (χ4v) is 2.43. The van der Waals surface area contributed by atoms with Crippen molar-refractivity contribution in [2.75, 3.05) is 27.3 Å². The molecule has 2 N–H and O–H groups in total. The van der Waals surface area contributed by atoms with Crippen LogP contribution in [0.5, 0.6) is 17.4 Å². The Morgan fingerprint density at radius 3 is 2.63 bits per heavy atom. The van der Waals surface area contributed by atoms with Crippen LogP contribution in [-0.2, 0) is 6.54 Å². The van der Waals surface area contributed by atoms with Crippen LogP contribution in [0.15, 0.2) is 47.6 Å². The summed E-state index contributed by atoms with van der Waals surface area (Å²) in [6.07, 6.45) is -3.24. The van der Waals surface area contributed by atoms with Crippen molar-refractivity contribution in [1.29, 1.82) is 0 Å². The highest BCUT2D eigenvalue weighted by Gasteiger charge is 2.29. The highest BCUT2D eigenvalue weighted by molar-refractivity contribution is 5.79. The molecule has 164 valence electrons. The summed E-state index contributed by atoms with van der Waals surface area (Å²) in [5.74, 6) is 1.76. The van der Waals surface area contributed by atoms with E-state index in [0.29, 0.717) is 29.6 Å². The molecule has 0 aliphatic rings. The molecule has 0 saturated carbocycles. The van der Waals surface area contributed by atoms with Gasteiger partial charge in [-0.15, -0.1) is 0 Å². The van der Waals surface area contributed by atoms with E-state index < -0.39 is 12.8 Å². The molecule has 0 spiro atoms. The minimum absolute atomic E-state index is 0.0764. The predicted octanol–water partition coefficient (Wildman–Crippen LogP) is 3.16. The average molecular weight is 426 g/mol. The number of aromatic nitrogens is 1. The summed E-state index contributed by atoms with van der Waals surface area (Å²) in [7, 11) is 3.18. The zero-order valence-electron chi connectivity index (χ0n) is 17.0. The maximum Gasteiger partial charge on any atom is 0.422 e. The minimum Gasteiger partial charge on any atom is -0.497 e. The van der Waals surface area contributed by atoms with Gasteiger partial charge in [0.15, 0.2) is 12.6 Å². The van der Waals surface area contributed by atoms with E-state index >= 15 is 0 Å². The van der Waals surface area contributed by atoms with Crippen molar-refractivity contribution in [3.63, 3.8) is 0 Å². The largest absolute Gasteiger partial charge is 0.497 e. The van der Waals surface area contributed by atoms with E-state index in [1.807, 2.05) is 25.1 Å². The Kier molecular flexibility index (Phi) is 8.57. The predicted molar refractivity (Wildman–Crippen MR) is 107 cm³/mol. The molecule has 1 aromatic heterocycles. The number of nitrogens with one attached hydrogen (secondary N) is 2. The molecule has 2 rings (SSSR count). The van der Waals surface area contributed by atoms with Gasteiger partial charge in [-0.2, -0.15) is 13.2 Å². The van der Waals surface area contributed by atoms with Crippen molar-refractivity contribution in [3.8, 4) is 17.4 Å². The van der Waals surface area contributed by atoms with E-state index in [0.717, 1.165) is 0 Å². The molecule has 1 unspecified atom stereocenters. The Labute approximate surface area is 173 Å². The fraction of sp³-hybridized carbons (Fsp3) is 0.400. The zero-order chi connectivity index (χ0) is 22.0. The summed E-state index contributed by atoms with van der Waals surface area (Å²) in [6.45, 7) is 1.13. The van der Waals surface area contributed by atoms with Gasteiger partial charge in [0.2, 0.25) is 5.88 Å². The Morgan fingerprint density at radius 1 is 1.17 bits per heavy atom. The first-order chi connectivity index (χ1) is 14.3. The number of nitrogens with zero attached hydrogens (tertiary/aromatic N) is 2. The average Bonchev–Trinajstić information content (AvgIpc) is 2.72. The number of aliphatic imine (C=N–C) groups is 1. The summed E-state index contributed by atoms with van der Waals surface area (Å²) in [5, 5.41) is 6.13. The first kappa shape index (κ1) is 23.1. The molecule has 1 aromatic carbocycles. The van der Waals surface area contributed by atoms with E-state index in [4.69, 9.17) is 14.2 Å². The van der Waals surface area contributed by atoms with Gasteiger partial charge < -0.3 is 24.8 Å². The lowest BCUT2D eigenvalue weighted by Crippen LogP contribution is -2.41. The molecule has 0 aliphatic heterocycles. The topological polar surface area (TPSA) is 77.0 Å². The molecule has 0 saturated heterocycles. The number of benzene rings is 1. The van der Waals surface area contributed by atoms with Crippen LogP contribution in [0.3, 0.4) is 0 Å². The summed E-state index contributed by atoms with van der Waals surface area (Å²) in [4.78, 5) is 7.97. The molecule has 2 aromatic rings. The van der Waals surface area contributed by atoms with Gasteiger partial charge in [-0.3, -0.25) is 4.99 Å². The van der Waals surface area contributed by atoms with Gasteiger partial charge in [0.25, 0.3) is 0 Å². The summed E-state index contributed by atoms with van der Waals surface area (Å²) < 4.78 is 53.0. The quantitative estimate of drug-likeness (QED) is 0.474. The number of rotatable bonds is 9. The second kappa shape index (κ2) is 11.1. The van der Waals surface area contributed by atoms with Gasteiger partial charge in [-0.1, -0.05) is 12.1 Å². The molecule has 0 aliphatic carbocycles. The molecule has 1 atom stereocenters. The maximum absolute atomic E-state index is 12.4. The van der Waals surface area contributed by atoms with E-state index in [2.05, 4.69) is 20.6 Å². The van der Waals surface area contributed by atoms with Gasteiger partial charge in [-0.25, -0.2) is 4.98 Å². The molecule has 0 radical (unpaired) electrons. The lowest BCUT2D eigenvalue weighted by atomic mass is 10.2. The molecule has 0 amide bonds. The normalized spacial score (nSPS) is 12.8. The van der Waals surface area contributed by atoms with Crippen LogP contribution in [-0.4, -0.2) is 50.5 Å². The molecule has 7 nitrogen and oxygen atoms in total. The van der Waals surface area contributed by atoms with E-state index in [1.54, 1.807) is 32.4 Å². The van der Waals surface area contributed by atoms with Gasteiger partial charge in [0.05, 0.1) is 13.7 Å². The van der Waals surface area contributed by atoms with Crippen LogP contribution in [0.25, 0.3) is 0 Å². The Morgan fingerprint density at radius 2 is 1.93 bits per heavy atom. The van der Waals surface area contributed by atoms with Crippen molar-refractivity contribution < 1.29 is 27.4 Å². The number of pyridine rings is 1. The fourth-order valence-electron chi connectivity index (χ4n) is 2.43. The molecular formula is C20H25F3N4O3. The lowest BCUT2D eigenvalue weighted by molar-refractivity contribution is -0.154. The van der Waals surface area contributed by atoms with Gasteiger partial charge in [0, 0.05) is 31.4 Å². The van der Waals surface area contributed by atoms with Crippen molar-refractivity contribution in [2.24, 2.45) is 4.99 Å². The van der Waals surface area contributed by atoms with Crippen molar-refractivity contribution in [3.05, 3.63) is 48.2 Å². The van der Waals surface area contributed by atoms with Crippen molar-refractivity contribution >= 4 is 5.96 Å². The number of guanidine groups is 1. The van der Waals surface area contributed by atoms with Crippen LogP contribution in [0.2, 0.25) is 0 Å². The van der Waals surface area contributed by atoms with Crippen molar-refractivity contribution in [1.82, 2.24) is 15.6 Å². The first-order valence-electron chi connectivity index (χ1n) is 9.19. The minimum atomic E-state index is -4.43. The zero-order valence-corrected chi connectivity index (χ0v) is 17.0. The number of ether oxygens (including phenoxy) is 3. The summed E-state index contributed by atoms with van der Waals surface area (Å²) >= 11 is 0. The van der Waals surface area contributed by atoms with E-state index in [-0.39, 0.29) is 18.5 Å². The van der Waals surface area contributed by atoms with Gasteiger partial charge in [0.1, 0.15) is 17.6 Å². The van der Waals surface area contributed by atoms with Crippen molar-refractivity contribution in [2.45, 2.75) is 25.7 Å². The summed E-state index contributed by atoms with van der Waals surface area (Å²) in [6, 6.07) is 10.5. The second-order valence-electron chi connectivity index (χ2n) is 6.29. The number of hydrogen-bond acceptors (Lipinski definition) is 5. The Balaban J connectivity index is 1.85. The van der Waals surface area contributed by atoms with Crippen LogP contribution < -0.4 is 24.8 Å². The smallest absolute Gasteiger partial charge is 0.422 e. The van der Waals surface area contributed by atoms with Crippen LogP contribution >= 0.6 is 0 Å². The maximum atomic E-state index is 12.4. The Hall–Kier alpha value is -3.17. The van der Waals surface area contributed by atoms with E-state index in [9.17, 15) is 13.2 Å². The molecule has 0 bridgehead atoms.